The van der Waals surface area contributed by atoms with Crippen LogP contribution in [0.1, 0.15) is 5.56 Å². The van der Waals surface area contributed by atoms with Gasteiger partial charge in [0.05, 0.1) is 22.5 Å². The average Bonchev–Trinajstić information content (AvgIpc) is 2.76. The highest BCUT2D eigenvalue weighted by molar-refractivity contribution is 7.89. The molecule has 0 atom stereocenters. The summed E-state index contributed by atoms with van der Waals surface area (Å²) in [5.74, 6) is 0. The van der Waals surface area contributed by atoms with Crippen molar-refractivity contribution in [1.82, 2.24) is 9.78 Å². The van der Waals surface area contributed by atoms with Crippen molar-refractivity contribution in [2.24, 2.45) is 12.2 Å². The number of rotatable bonds is 5. The van der Waals surface area contributed by atoms with E-state index in [-0.39, 0.29) is 4.90 Å². The number of aryl methyl sites for hydroxylation is 1. The van der Waals surface area contributed by atoms with Gasteiger partial charge in [-0.15, -0.1) is 0 Å². The van der Waals surface area contributed by atoms with Crippen LogP contribution in [0.15, 0.2) is 35.5 Å². The summed E-state index contributed by atoms with van der Waals surface area (Å²) in [6, 6.07) is 4.34. The summed E-state index contributed by atoms with van der Waals surface area (Å²) in [5, 5.41) is 12.3. The molecule has 20 heavy (non-hydrogen) atoms. The van der Waals surface area contributed by atoms with Crippen LogP contribution >= 0.6 is 0 Å². The Bertz CT molecular complexity index is 708. The Morgan fingerprint density at radius 2 is 2.15 bits per heavy atom. The number of hydrogen-bond donors (Lipinski definition) is 3. The lowest BCUT2D eigenvalue weighted by Crippen LogP contribution is -2.13. The first-order valence-corrected chi connectivity index (χ1v) is 7.54. The van der Waals surface area contributed by atoms with Crippen molar-refractivity contribution in [2.45, 2.75) is 11.3 Å². The molecule has 2 rings (SSSR count). The molecular formula is C12H17N5O2S. The molecule has 1 aromatic heterocycles. The molecule has 108 valence electrons. The molecule has 0 fully saturated rings. The zero-order chi connectivity index (χ0) is 14.8. The molecule has 0 aliphatic heterocycles. The maximum Gasteiger partial charge on any atom is 0.238 e. The van der Waals surface area contributed by atoms with Gasteiger partial charge in [0.25, 0.3) is 0 Å². The molecule has 0 radical (unpaired) electrons. The minimum absolute atomic E-state index is 0.0376. The summed E-state index contributed by atoms with van der Waals surface area (Å²) >= 11 is 0. The number of anilines is 2. The van der Waals surface area contributed by atoms with Crippen LogP contribution in [-0.4, -0.2) is 24.7 Å². The van der Waals surface area contributed by atoms with E-state index < -0.39 is 10.0 Å². The van der Waals surface area contributed by atoms with Crippen molar-refractivity contribution >= 4 is 21.4 Å². The molecule has 0 aliphatic carbocycles. The van der Waals surface area contributed by atoms with E-state index in [0.29, 0.717) is 17.9 Å². The van der Waals surface area contributed by atoms with Gasteiger partial charge >= 0.3 is 0 Å². The molecule has 0 saturated carbocycles. The van der Waals surface area contributed by atoms with Crippen LogP contribution in [-0.2, 0) is 23.5 Å². The number of nitrogens with one attached hydrogen (secondary N) is 1. The topological polar surface area (TPSA) is 116 Å². The highest BCUT2D eigenvalue weighted by atomic mass is 32.2. The number of hydrogen-bond acceptors (Lipinski definition) is 5. The van der Waals surface area contributed by atoms with Gasteiger partial charge in [-0.25, -0.2) is 13.6 Å². The van der Waals surface area contributed by atoms with E-state index in [4.69, 9.17) is 10.9 Å². The van der Waals surface area contributed by atoms with E-state index in [1.807, 2.05) is 13.2 Å². The zero-order valence-corrected chi connectivity index (χ0v) is 11.9. The second kappa shape index (κ2) is 5.51. The number of benzene rings is 1. The molecule has 0 bridgehead atoms. The Balaban J connectivity index is 2.05. The van der Waals surface area contributed by atoms with E-state index in [2.05, 4.69) is 10.4 Å². The number of aromatic nitrogens is 2. The molecule has 8 heteroatoms. The fourth-order valence-electron chi connectivity index (χ4n) is 1.81. The lowest BCUT2D eigenvalue weighted by Gasteiger charge is -2.10. The maximum atomic E-state index is 11.3. The molecule has 1 heterocycles. The van der Waals surface area contributed by atoms with E-state index in [1.165, 1.54) is 18.2 Å². The Labute approximate surface area is 117 Å². The highest BCUT2D eigenvalue weighted by Crippen LogP contribution is 2.22. The average molecular weight is 295 g/mol. The minimum atomic E-state index is -3.72. The smallest absolute Gasteiger partial charge is 0.238 e. The largest absolute Gasteiger partial charge is 0.397 e. The Morgan fingerprint density at radius 1 is 1.40 bits per heavy atom. The molecule has 0 unspecified atom stereocenters. The van der Waals surface area contributed by atoms with E-state index >= 15 is 0 Å². The third kappa shape index (κ3) is 3.49. The Kier molecular flexibility index (Phi) is 3.96. The van der Waals surface area contributed by atoms with Gasteiger partial charge in [-0.05, 0) is 30.2 Å². The van der Waals surface area contributed by atoms with Crippen molar-refractivity contribution < 1.29 is 8.42 Å². The maximum absolute atomic E-state index is 11.3. The van der Waals surface area contributed by atoms with Gasteiger partial charge in [0.1, 0.15) is 0 Å². The van der Waals surface area contributed by atoms with Crippen LogP contribution < -0.4 is 16.2 Å². The summed E-state index contributed by atoms with van der Waals surface area (Å²) in [5.41, 5.74) is 7.92. The monoisotopic (exact) mass is 295 g/mol. The number of nitrogens with two attached hydrogens (primary N) is 2. The number of primary sulfonamides is 1. The van der Waals surface area contributed by atoms with Crippen molar-refractivity contribution in [3.8, 4) is 0 Å². The molecule has 0 amide bonds. The van der Waals surface area contributed by atoms with E-state index in [1.54, 1.807) is 10.9 Å². The van der Waals surface area contributed by atoms with Crippen LogP contribution in [0.3, 0.4) is 0 Å². The number of sulfonamides is 1. The zero-order valence-electron chi connectivity index (χ0n) is 11.1. The van der Waals surface area contributed by atoms with Gasteiger partial charge in [-0.3, -0.25) is 4.68 Å². The van der Waals surface area contributed by atoms with Gasteiger partial charge in [0.2, 0.25) is 10.0 Å². The van der Waals surface area contributed by atoms with Crippen molar-refractivity contribution in [3.63, 3.8) is 0 Å². The van der Waals surface area contributed by atoms with Crippen molar-refractivity contribution in [1.29, 1.82) is 0 Å². The molecule has 0 aliphatic rings. The van der Waals surface area contributed by atoms with Crippen LogP contribution in [0.5, 0.6) is 0 Å². The molecule has 2 aromatic rings. The summed E-state index contributed by atoms with van der Waals surface area (Å²) in [6.07, 6.45) is 4.46. The van der Waals surface area contributed by atoms with Crippen LogP contribution in [0.4, 0.5) is 11.4 Å². The van der Waals surface area contributed by atoms with Crippen molar-refractivity contribution in [3.05, 3.63) is 36.2 Å². The van der Waals surface area contributed by atoms with Gasteiger partial charge < -0.3 is 11.1 Å². The minimum Gasteiger partial charge on any atom is -0.397 e. The fourth-order valence-corrected chi connectivity index (χ4v) is 2.35. The lowest BCUT2D eigenvalue weighted by molar-refractivity contribution is 0.598. The SMILES string of the molecule is Cn1cc(CCNc2cc(S(N)(=O)=O)ccc2N)cn1. The lowest BCUT2D eigenvalue weighted by atomic mass is 10.2. The van der Waals surface area contributed by atoms with Crippen LogP contribution in [0, 0.1) is 0 Å². The van der Waals surface area contributed by atoms with Gasteiger partial charge in [-0.2, -0.15) is 5.10 Å². The standard InChI is InChI=1S/C12H17N5O2S/c1-17-8-9(7-16-17)4-5-15-12-6-10(20(14,18)19)2-3-11(12)13/h2-3,6-8,15H,4-5,13H2,1H3,(H2,14,18,19). The van der Waals surface area contributed by atoms with E-state index in [9.17, 15) is 8.42 Å². The molecule has 0 spiro atoms. The van der Waals surface area contributed by atoms with Gasteiger partial charge in [0.15, 0.2) is 0 Å². The number of nitrogens with zero attached hydrogens (tertiary/aromatic N) is 2. The van der Waals surface area contributed by atoms with E-state index in [0.717, 1.165) is 12.0 Å². The van der Waals surface area contributed by atoms with Crippen molar-refractivity contribution in [2.75, 3.05) is 17.6 Å². The first kappa shape index (κ1) is 14.4. The normalized spacial score (nSPS) is 11.5. The van der Waals surface area contributed by atoms with Gasteiger partial charge in [-0.1, -0.05) is 0 Å². The summed E-state index contributed by atoms with van der Waals surface area (Å²) in [4.78, 5) is 0.0376. The Morgan fingerprint density at radius 3 is 2.75 bits per heavy atom. The molecule has 5 N–H and O–H groups in total. The molecule has 1 aromatic carbocycles. The van der Waals surface area contributed by atoms with Crippen LogP contribution in [0.2, 0.25) is 0 Å². The third-order valence-corrected chi connectivity index (χ3v) is 3.75. The molecule has 0 saturated heterocycles. The summed E-state index contributed by atoms with van der Waals surface area (Å²) < 4.78 is 24.3. The summed E-state index contributed by atoms with van der Waals surface area (Å²) in [6.45, 7) is 0.615. The first-order valence-electron chi connectivity index (χ1n) is 6.00. The second-order valence-corrected chi connectivity index (χ2v) is 6.05. The highest BCUT2D eigenvalue weighted by Gasteiger charge is 2.10. The van der Waals surface area contributed by atoms with Gasteiger partial charge in [0, 0.05) is 19.8 Å². The number of nitrogen functional groups attached to an aromatic ring is 1. The quantitative estimate of drug-likeness (QED) is 0.686. The molecular weight excluding hydrogens is 278 g/mol. The van der Waals surface area contributed by atoms with Crippen LogP contribution in [0.25, 0.3) is 0 Å². The fraction of sp³-hybridized carbons (Fsp3) is 0.250. The first-order chi connectivity index (χ1) is 9.36. The third-order valence-electron chi connectivity index (χ3n) is 2.84. The Hall–Kier alpha value is -2.06. The predicted octanol–water partition coefficient (Wildman–Crippen LogP) is 0.304. The summed E-state index contributed by atoms with van der Waals surface area (Å²) in [7, 11) is -1.87. The second-order valence-electron chi connectivity index (χ2n) is 4.49. The predicted molar refractivity (Wildman–Crippen MR) is 77.6 cm³/mol. The molecule has 7 nitrogen and oxygen atoms in total.